The minimum absolute atomic E-state index is 0.348. The van der Waals surface area contributed by atoms with Crippen molar-refractivity contribution >= 4 is 10.9 Å². The van der Waals surface area contributed by atoms with Crippen molar-refractivity contribution < 1.29 is 9.94 Å². The summed E-state index contributed by atoms with van der Waals surface area (Å²) in [5, 5.41) is 25.1. The Kier molecular flexibility index (Phi) is 2.84. The van der Waals surface area contributed by atoms with Gasteiger partial charge in [0, 0.05) is 12.4 Å². The second-order valence-corrected chi connectivity index (χ2v) is 4.14. The third kappa shape index (κ3) is 2.25. The number of tetrazole rings is 1. The summed E-state index contributed by atoms with van der Waals surface area (Å²) in [5.74, 6) is 0.671. The number of rotatable bonds is 4. The summed E-state index contributed by atoms with van der Waals surface area (Å²) >= 11 is 0. The van der Waals surface area contributed by atoms with Crippen molar-refractivity contribution in [3.63, 3.8) is 0 Å². The van der Waals surface area contributed by atoms with Crippen molar-refractivity contribution in [3.8, 4) is 0 Å². The van der Waals surface area contributed by atoms with Gasteiger partial charge >= 0.3 is 0 Å². The fraction of sp³-hybridized carbons (Fsp3) is 0.273. The van der Waals surface area contributed by atoms with E-state index in [9.17, 15) is 5.21 Å². The summed E-state index contributed by atoms with van der Waals surface area (Å²) in [5.41, 5.74) is 1.66. The molecule has 0 aliphatic rings. The summed E-state index contributed by atoms with van der Waals surface area (Å²) in [4.78, 5) is 0.852. The van der Waals surface area contributed by atoms with Crippen molar-refractivity contribution in [2.75, 3.05) is 0 Å². The molecule has 2 heterocycles. The summed E-state index contributed by atoms with van der Waals surface area (Å²) < 4.78 is 7.12. The van der Waals surface area contributed by atoms with E-state index in [1.165, 1.54) is 0 Å². The molecule has 3 aromatic rings. The lowest BCUT2D eigenvalue weighted by molar-refractivity contribution is 0.0992. The fourth-order valence-electron chi connectivity index (χ4n) is 1.79. The lowest BCUT2D eigenvalue weighted by Crippen LogP contribution is -2.02. The molecule has 1 N–H and O–H groups in total. The largest absolute Gasteiger partial charge is 0.411 e. The van der Waals surface area contributed by atoms with E-state index >= 15 is 0 Å². The average Bonchev–Trinajstić information content (AvgIpc) is 2.97. The van der Waals surface area contributed by atoms with Gasteiger partial charge in [-0.25, -0.2) is 4.68 Å². The Morgan fingerprint density at radius 3 is 3.00 bits per heavy atom. The maximum Gasteiger partial charge on any atom is 0.176 e. The summed E-state index contributed by atoms with van der Waals surface area (Å²) in [6.45, 7) is 0.792. The van der Waals surface area contributed by atoms with Gasteiger partial charge < -0.3 is 9.94 Å². The maximum absolute atomic E-state index is 9.38. The average molecular weight is 260 g/mol. The van der Waals surface area contributed by atoms with Crippen molar-refractivity contribution in [2.24, 2.45) is 7.05 Å². The van der Waals surface area contributed by atoms with Crippen LogP contribution >= 0.6 is 0 Å². The van der Waals surface area contributed by atoms with Crippen molar-refractivity contribution in [1.82, 2.24) is 30.2 Å². The Morgan fingerprint density at radius 2 is 2.21 bits per heavy atom. The zero-order valence-electron chi connectivity index (χ0n) is 10.3. The first-order valence-electron chi connectivity index (χ1n) is 5.69. The highest BCUT2D eigenvalue weighted by atomic mass is 16.5. The van der Waals surface area contributed by atoms with Crippen LogP contribution < -0.4 is 0 Å². The van der Waals surface area contributed by atoms with Crippen LogP contribution in [0.1, 0.15) is 11.4 Å². The topological polar surface area (TPSA) is 90.9 Å². The molecule has 8 heteroatoms. The van der Waals surface area contributed by atoms with Crippen molar-refractivity contribution in [1.29, 1.82) is 0 Å². The molecule has 0 aliphatic carbocycles. The molecule has 98 valence electrons. The van der Waals surface area contributed by atoms with E-state index < -0.39 is 0 Å². The minimum atomic E-state index is 0.348. The Bertz CT molecular complexity index is 704. The molecule has 0 bridgehead atoms. The molecule has 0 atom stereocenters. The molecule has 3 rings (SSSR count). The zero-order valence-corrected chi connectivity index (χ0v) is 10.3. The third-order valence-electron chi connectivity index (χ3n) is 2.82. The highest BCUT2D eigenvalue weighted by Gasteiger charge is 2.04. The molecule has 0 fully saturated rings. The summed E-state index contributed by atoms with van der Waals surface area (Å²) in [6, 6.07) is 5.60. The van der Waals surface area contributed by atoms with Gasteiger partial charge in [-0.1, -0.05) is 6.07 Å². The predicted molar refractivity (Wildman–Crippen MR) is 64.2 cm³/mol. The zero-order chi connectivity index (χ0) is 13.2. The predicted octanol–water partition coefficient (Wildman–Crippen LogP) is 0.514. The van der Waals surface area contributed by atoms with Gasteiger partial charge in [0.25, 0.3) is 0 Å². The van der Waals surface area contributed by atoms with Gasteiger partial charge in [0.05, 0.1) is 12.8 Å². The first-order chi connectivity index (χ1) is 9.24. The van der Waals surface area contributed by atoms with Crippen LogP contribution in [0.25, 0.3) is 10.9 Å². The Hall–Kier alpha value is -2.48. The molecule has 0 saturated carbocycles. The van der Waals surface area contributed by atoms with Crippen LogP contribution in [0.3, 0.4) is 0 Å². The van der Waals surface area contributed by atoms with E-state index in [4.69, 9.17) is 4.74 Å². The summed E-state index contributed by atoms with van der Waals surface area (Å²) in [6.07, 6.45) is 1.60. The van der Waals surface area contributed by atoms with E-state index in [1.54, 1.807) is 24.0 Å². The van der Waals surface area contributed by atoms with Crippen LogP contribution in [0.15, 0.2) is 24.4 Å². The van der Waals surface area contributed by atoms with Gasteiger partial charge in [0.15, 0.2) is 5.82 Å². The summed E-state index contributed by atoms with van der Waals surface area (Å²) in [7, 11) is 1.76. The standard InChI is InChI=1S/C11H12N6O2/c1-16-11(13-14-15-16)7-19-6-8-2-3-10-9(4-8)5-12-17(10)18/h2-5,18H,6-7H2,1H3. The fourth-order valence-corrected chi connectivity index (χ4v) is 1.79. The van der Waals surface area contributed by atoms with Gasteiger partial charge in [-0.2, -0.15) is 0 Å². The number of benzene rings is 1. The Balaban J connectivity index is 1.67. The number of ether oxygens (including phenoxy) is 1. The van der Waals surface area contributed by atoms with E-state index in [2.05, 4.69) is 20.6 Å². The number of aryl methyl sites for hydroxylation is 1. The van der Waals surface area contributed by atoms with Crippen LogP contribution in [-0.2, 0) is 25.0 Å². The van der Waals surface area contributed by atoms with E-state index in [1.807, 2.05) is 12.1 Å². The molecule has 0 saturated heterocycles. The van der Waals surface area contributed by atoms with E-state index in [0.717, 1.165) is 15.8 Å². The molecular formula is C11H12N6O2. The number of aromatic nitrogens is 6. The second-order valence-electron chi connectivity index (χ2n) is 4.14. The number of hydrogen-bond donors (Lipinski definition) is 1. The maximum atomic E-state index is 9.38. The minimum Gasteiger partial charge on any atom is -0.411 e. The first kappa shape index (κ1) is 11.6. The van der Waals surface area contributed by atoms with Crippen LogP contribution in [0.5, 0.6) is 0 Å². The number of hydrogen-bond acceptors (Lipinski definition) is 6. The van der Waals surface area contributed by atoms with Gasteiger partial charge in [-0.05, 0) is 28.1 Å². The van der Waals surface area contributed by atoms with Crippen molar-refractivity contribution in [3.05, 3.63) is 35.8 Å². The van der Waals surface area contributed by atoms with Gasteiger partial charge in [0.1, 0.15) is 12.1 Å². The monoisotopic (exact) mass is 260 g/mol. The Morgan fingerprint density at radius 1 is 1.32 bits per heavy atom. The van der Waals surface area contributed by atoms with Gasteiger partial charge in [0.2, 0.25) is 0 Å². The van der Waals surface area contributed by atoms with Crippen LogP contribution in [0.2, 0.25) is 0 Å². The number of nitrogens with zero attached hydrogens (tertiary/aromatic N) is 6. The molecule has 19 heavy (non-hydrogen) atoms. The highest BCUT2D eigenvalue weighted by molar-refractivity contribution is 5.78. The van der Waals surface area contributed by atoms with Gasteiger partial charge in [-0.3, -0.25) is 0 Å². The first-order valence-corrected chi connectivity index (χ1v) is 5.69. The molecule has 8 nitrogen and oxygen atoms in total. The highest BCUT2D eigenvalue weighted by Crippen LogP contribution is 2.15. The molecule has 0 aliphatic heterocycles. The van der Waals surface area contributed by atoms with Crippen LogP contribution in [0.4, 0.5) is 0 Å². The number of fused-ring (bicyclic) bond motifs is 1. The van der Waals surface area contributed by atoms with Crippen LogP contribution in [0, 0.1) is 0 Å². The lowest BCUT2D eigenvalue weighted by Gasteiger charge is -2.03. The van der Waals surface area contributed by atoms with E-state index in [0.29, 0.717) is 24.6 Å². The Labute approximate surface area is 108 Å². The van der Waals surface area contributed by atoms with E-state index in [-0.39, 0.29) is 0 Å². The molecule has 0 radical (unpaired) electrons. The normalized spacial score (nSPS) is 11.2. The second kappa shape index (κ2) is 4.65. The van der Waals surface area contributed by atoms with Crippen LogP contribution in [-0.4, -0.2) is 35.4 Å². The molecule has 0 unspecified atom stereocenters. The molecule has 0 amide bonds. The van der Waals surface area contributed by atoms with Crippen molar-refractivity contribution in [2.45, 2.75) is 13.2 Å². The van der Waals surface area contributed by atoms with Gasteiger partial charge in [-0.15, -0.1) is 15.0 Å². The molecular weight excluding hydrogens is 248 g/mol. The molecule has 2 aromatic heterocycles. The molecule has 0 spiro atoms. The smallest absolute Gasteiger partial charge is 0.176 e. The SMILES string of the molecule is Cn1nnnc1COCc1ccc2c(cnn2O)c1. The molecule has 1 aromatic carbocycles. The quantitative estimate of drug-likeness (QED) is 0.687. The third-order valence-corrected chi connectivity index (χ3v) is 2.82. The lowest BCUT2D eigenvalue weighted by atomic mass is 10.2.